The van der Waals surface area contributed by atoms with Crippen LogP contribution in [-0.4, -0.2) is 39.3 Å². The molecule has 7 heteroatoms. The van der Waals surface area contributed by atoms with Crippen LogP contribution in [0.4, 0.5) is 0 Å². The number of nitrogens with one attached hydrogen (secondary N) is 1. The number of carboxylic acids is 1. The number of carbonyl (C=O) groups is 1. The predicted octanol–water partition coefficient (Wildman–Crippen LogP) is 1.23. The van der Waals surface area contributed by atoms with Crippen LogP contribution in [0.5, 0.6) is 0 Å². The van der Waals surface area contributed by atoms with Crippen molar-refractivity contribution in [2.75, 3.05) is 19.8 Å². The molecule has 116 valence electrons. The molecule has 1 unspecified atom stereocenters. The fraction of sp³-hybridized carbons (Fsp3) is 0.500. The minimum absolute atomic E-state index is 0.142. The molecule has 1 fully saturated rings. The van der Waals surface area contributed by atoms with Gasteiger partial charge in [-0.15, -0.1) is 0 Å². The number of carboxylic acid groups (broad SMARTS) is 1. The van der Waals surface area contributed by atoms with E-state index in [1.54, 1.807) is 0 Å². The highest BCUT2D eigenvalue weighted by molar-refractivity contribution is 7.88. The lowest BCUT2D eigenvalue weighted by Crippen LogP contribution is -2.33. The van der Waals surface area contributed by atoms with Crippen LogP contribution in [0.2, 0.25) is 0 Å². The van der Waals surface area contributed by atoms with Crippen molar-refractivity contribution in [1.29, 1.82) is 0 Å². The maximum atomic E-state index is 12.0. The van der Waals surface area contributed by atoms with Gasteiger partial charge in [0.05, 0.1) is 17.9 Å². The fourth-order valence-corrected chi connectivity index (χ4v) is 3.45. The Labute approximate surface area is 124 Å². The van der Waals surface area contributed by atoms with Crippen molar-refractivity contribution in [3.63, 3.8) is 0 Å². The van der Waals surface area contributed by atoms with Crippen LogP contribution in [0.1, 0.15) is 28.8 Å². The number of rotatable bonds is 6. The molecular formula is C14H19NO5S. The molecule has 0 spiro atoms. The van der Waals surface area contributed by atoms with E-state index in [-0.39, 0.29) is 17.2 Å². The van der Waals surface area contributed by atoms with E-state index in [2.05, 4.69) is 4.72 Å². The third-order valence-corrected chi connectivity index (χ3v) is 4.72. The van der Waals surface area contributed by atoms with Crippen LogP contribution in [0.3, 0.4) is 0 Å². The van der Waals surface area contributed by atoms with Crippen LogP contribution in [0.25, 0.3) is 0 Å². The topological polar surface area (TPSA) is 92.7 Å². The summed E-state index contributed by atoms with van der Waals surface area (Å²) in [6, 6.07) is 5.85. The van der Waals surface area contributed by atoms with Gasteiger partial charge >= 0.3 is 5.97 Å². The van der Waals surface area contributed by atoms with Gasteiger partial charge in [0.25, 0.3) is 0 Å². The summed E-state index contributed by atoms with van der Waals surface area (Å²) in [6.07, 6.45) is 1.93. The van der Waals surface area contributed by atoms with Crippen molar-refractivity contribution in [2.45, 2.75) is 18.6 Å². The Morgan fingerprint density at radius 3 is 2.62 bits per heavy atom. The molecule has 1 aromatic carbocycles. The first-order valence-electron chi connectivity index (χ1n) is 6.83. The normalized spacial score (nSPS) is 19.3. The number of aromatic carboxylic acids is 1. The van der Waals surface area contributed by atoms with E-state index < -0.39 is 16.0 Å². The molecule has 0 aromatic heterocycles. The fourth-order valence-electron chi connectivity index (χ4n) is 2.23. The first-order chi connectivity index (χ1) is 9.96. The van der Waals surface area contributed by atoms with E-state index in [1.165, 1.54) is 24.3 Å². The van der Waals surface area contributed by atoms with E-state index in [9.17, 15) is 13.2 Å². The SMILES string of the molecule is O=C(O)c1ccc(CS(=O)(=O)NCC2CCCOC2)cc1. The third-order valence-electron chi connectivity index (χ3n) is 3.40. The maximum absolute atomic E-state index is 12.0. The molecule has 1 atom stereocenters. The molecule has 21 heavy (non-hydrogen) atoms. The average molecular weight is 313 g/mol. The van der Waals surface area contributed by atoms with Crippen LogP contribution in [0.15, 0.2) is 24.3 Å². The van der Waals surface area contributed by atoms with Gasteiger partial charge < -0.3 is 9.84 Å². The van der Waals surface area contributed by atoms with Gasteiger partial charge in [0.2, 0.25) is 10.0 Å². The molecule has 1 aliphatic rings. The lowest BCUT2D eigenvalue weighted by atomic mass is 10.0. The zero-order chi connectivity index (χ0) is 15.3. The molecule has 0 aliphatic carbocycles. The molecule has 0 bridgehead atoms. The van der Waals surface area contributed by atoms with Crippen LogP contribution in [0, 0.1) is 5.92 Å². The zero-order valence-electron chi connectivity index (χ0n) is 11.6. The number of sulfonamides is 1. The van der Waals surface area contributed by atoms with Gasteiger partial charge in [-0.2, -0.15) is 0 Å². The molecule has 0 saturated carbocycles. The smallest absolute Gasteiger partial charge is 0.335 e. The molecule has 2 rings (SSSR count). The van der Waals surface area contributed by atoms with Crippen molar-refractivity contribution in [2.24, 2.45) is 5.92 Å². The van der Waals surface area contributed by atoms with Gasteiger partial charge in [0.15, 0.2) is 0 Å². The van der Waals surface area contributed by atoms with Gasteiger partial charge in [-0.1, -0.05) is 12.1 Å². The minimum Gasteiger partial charge on any atom is -0.478 e. The maximum Gasteiger partial charge on any atom is 0.335 e. The molecule has 2 N–H and O–H groups in total. The Balaban J connectivity index is 1.89. The van der Waals surface area contributed by atoms with Gasteiger partial charge in [-0.3, -0.25) is 0 Å². The van der Waals surface area contributed by atoms with Gasteiger partial charge in [-0.25, -0.2) is 17.9 Å². The summed E-state index contributed by atoms with van der Waals surface area (Å²) in [4.78, 5) is 10.7. The Kier molecular flexibility index (Phi) is 5.33. The molecule has 0 radical (unpaired) electrons. The molecule has 1 heterocycles. The van der Waals surface area contributed by atoms with Gasteiger partial charge in [0, 0.05) is 13.2 Å². The summed E-state index contributed by atoms with van der Waals surface area (Å²) >= 11 is 0. The largest absolute Gasteiger partial charge is 0.478 e. The number of hydrogen-bond donors (Lipinski definition) is 2. The molecule has 0 amide bonds. The second kappa shape index (κ2) is 7.02. The minimum atomic E-state index is -3.42. The summed E-state index contributed by atoms with van der Waals surface area (Å²) in [7, 11) is -3.42. The quantitative estimate of drug-likeness (QED) is 0.824. The second-order valence-corrected chi connectivity index (χ2v) is 7.00. The van der Waals surface area contributed by atoms with Crippen molar-refractivity contribution < 1.29 is 23.1 Å². The molecule has 1 saturated heterocycles. The van der Waals surface area contributed by atoms with E-state index in [4.69, 9.17) is 9.84 Å². The Morgan fingerprint density at radius 1 is 1.33 bits per heavy atom. The van der Waals surface area contributed by atoms with E-state index in [1.807, 2.05) is 0 Å². The predicted molar refractivity (Wildman–Crippen MR) is 77.6 cm³/mol. The molecule has 6 nitrogen and oxygen atoms in total. The average Bonchev–Trinajstić information content (AvgIpc) is 2.46. The molecule has 1 aliphatic heterocycles. The van der Waals surface area contributed by atoms with Crippen molar-refractivity contribution in [3.05, 3.63) is 35.4 Å². The third kappa shape index (κ3) is 5.11. The number of ether oxygens (including phenoxy) is 1. The monoisotopic (exact) mass is 313 g/mol. The van der Waals surface area contributed by atoms with Gasteiger partial charge in [0.1, 0.15) is 0 Å². The summed E-state index contributed by atoms with van der Waals surface area (Å²) in [6.45, 7) is 1.73. The summed E-state index contributed by atoms with van der Waals surface area (Å²) < 4.78 is 31.9. The zero-order valence-corrected chi connectivity index (χ0v) is 12.4. The first-order valence-corrected chi connectivity index (χ1v) is 8.49. The van der Waals surface area contributed by atoms with Crippen LogP contribution in [-0.2, 0) is 20.5 Å². The Bertz CT molecular complexity index is 576. The first kappa shape index (κ1) is 15.9. The van der Waals surface area contributed by atoms with E-state index in [0.29, 0.717) is 18.7 Å². The highest BCUT2D eigenvalue weighted by Gasteiger charge is 2.18. The highest BCUT2D eigenvalue weighted by atomic mass is 32.2. The Morgan fingerprint density at radius 2 is 2.05 bits per heavy atom. The van der Waals surface area contributed by atoms with E-state index >= 15 is 0 Å². The lowest BCUT2D eigenvalue weighted by molar-refractivity contribution is 0.0568. The highest BCUT2D eigenvalue weighted by Crippen LogP contribution is 2.13. The number of hydrogen-bond acceptors (Lipinski definition) is 4. The Hall–Kier alpha value is -1.44. The van der Waals surface area contributed by atoms with Crippen molar-refractivity contribution in [1.82, 2.24) is 4.72 Å². The summed E-state index contributed by atoms with van der Waals surface area (Å²) in [5, 5.41) is 8.79. The van der Waals surface area contributed by atoms with Gasteiger partial charge in [-0.05, 0) is 36.5 Å². The lowest BCUT2D eigenvalue weighted by Gasteiger charge is -2.22. The van der Waals surface area contributed by atoms with Crippen LogP contribution < -0.4 is 4.72 Å². The summed E-state index contributed by atoms with van der Waals surface area (Å²) in [5.41, 5.74) is 0.704. The van der Waals surface area contributed by atoms with Crippen molar-refractivity contribution >= 4 is 16.0 Å². The number of benzene rings is 1. The van der Waals surface area contributed by atoms with Crippen LogP contribution >= 0.6 is 0 Å². The second-order valence-electron chi connectivity index (χ2n) is 5.19. The molecule has 1 aromatic rings. The standard InChI is InChI=1S/C14H19NO5S/c16-14(17)13-5-3-11(4-6-13)10-21(18,19)15-8-12-2-1-7-20-9-12/h3-6,12,15H,1-2,7-10H2,(H,16,17). The summed E-state index contributed by atoms with van der Waals surface area (Å²) in [5.74, 6) is -0.955. The van der Waals surface area contributed by atoms with E-state index in [0.717, 1.165) is 19.4 Å². The molecular weight excluding hydrogens is 294 g/mol. The van der Waals surface area contributed by atoms with Crippen molar-refractivity contribution in [3.8, 4) is 0 Å².